The van der Waals surface area contributed by atoms with E-state index >= 15 is 0 Å². The largest absolute Gasteiger partial charge is 0.494 e. The maximum atomic E-state index is 12.0. The van der Waals surface area contributed by atoms with E-state index in [0.29, 0.717) is 42.2 Å². The topological polar surface area (TPSA) is 117 Å². The van der Waals surface area contributed by atoms with Crippen LogP contribution in [0.25, 0.3) is 11.6 Å². The van der Waals surface area contributed by atoms with Gasteiger partial charge in [-0.25, -0.2) is 4.68 Å². The van der Waals surface area contributed by atoms with E-state index in [1.807, 2.05) is 31.2 Å². The Labute approximate surface area is 166 Å². The van der Waals surface area contributed by atoms with Crippen LogP contribution in [0.1, 0.15) is 6.92 Å². The third-order valence-corrected chi connectivity index (χ3v) is 4.51. The van der Waals surface area contributed by atoms with Gasteiger partial charge in [0.15, 0.2) is 5.76 Å². The van der Waals surface area contributed by atoms with Crippen molar-refractivity contribution >= 4 is 17.7 Å². The first-order valence-electron chi connectivity index (χ1n) is 8.67. The zero-order valence-corrected chi connectivity index (χ0v) is 16.1. The second-order valence-corrected chi connectivity index (χ2v) is 6.49. The molecule has 0 saturated heterocycles. The molecule has 3 rings (SSSR count). The van der Waals surface area contributed by atoms with Crippen LogP contribution in [0.5, 0.6) is 11.5 Å². The summed E-state index contributed by atoms with van der Waals surface area (Å²) in [6.45, 7) is 3.30. The number of carbonyl (C=O) groups is 1. The summed E-state index contributed by atoms with van der Waals surface area (Å²) in [6.07, 6.45) is 1.53. The van der Waals surface area contributed by atoms with Gasteiger partial charge in [-0.2, -0.15) is 0 Å². The van der Waals surface area contributed by atoms with E-state index in [0.717, 1.165) is 5.75 Å². The molecule has 0 radical (unpaired) electrons. The smallest absolute Gasteiger partial charge is 0.230 e. The summed E-state index contributed by atoms with van der Waals surface area (Å²) in [5, 5.41) is 11.2. The van der Waals surface area contributed by atoms with Crippen LogP contribution in [-0.4, -0.2) is 46.3 Å². The number of hydrogen-bond acceptors (Lipinski definition) is 8. The van der Waals surface area contributed by atoms with Crippen LogP contribution >= 0.6 is 11.8 Å². The number of ether oxygens (including phenoxy) is 2. The number of thioether (sulfide) groups is 1. The summed E-state index contributed by atoms with van der Waals surface area (Å²) in [5.74, 6) is 8.38. The van der Waals surface area contributed by atoms with E-state index < -0.39 is 0 Å². The molecule has 0 aliphatic heterocycles. The van der Waals surface area contributed by atoms with Crippen LogP contribution in [0.4, 0.5) is 0 Å². The third-order valence-electron chi connectivity index (χ3n) is 3.57. The molecule has 1 aromatic carbocycles. The lowest BCUT2D eigenvalue weighted by Gasteiger charge is -2.08. The minimum Gasteiger partial charge on any atom is -0.494 e. The van der Waals surface area contributed by atoms with E-state index in [2.05, 4.69) is 15.5 Å². The maximum Gasteiger partial charge on any atom is 0.230 e. The number of nitrogens with one attached hydrogen (secondary N) is 1. The Morgan fingerprint density at radius 3 is 2.64 bits per heavy atom. The molecule has 0 fully saturated rings. The summed E-state index contributed by atoms with van der Waals surface area (Å²) in [6, 6.07) is 10.8. The van der Waals surface area contributed by atoms with Crippen molar-refractivity contribution in [3.63, 3.8) is 0 Å². The summed E-state index contributed by atoms with van der Waals surface area (Å²) in [5.41, 5.74) is 0. The number of nitrogen functional groups attached to an aromatic ring is 1. The average Bonchev–Trinajstić information content (AvgIpc) is 3.35. The van der Waals surface area contributed by atoms with Crippen LogP contribution in [0.2, 0.25) is 0 Å². The molecule has 1 amide bonds. The van der Waals surface area contributed by atoms with Crippen molar-refractivity contribution in [1.29, 1.82) is 0 Å². The van der Waals surface area contributed by atoms with Crippen LogP contribution < -0.4 is 20.6 Å². The molecule has 0 aliphatic carbocycles. The highest BCUT2D eigenvalue weighted by atomic mass is 32.2. The van der Waals surface area contributed by atoms with Gasteiger partial charge >= 0.3 is 0 Å². The van der Waals surface area contributed by atoms with Crippen LogP contribution in [0.15, 0.2) is 52.2 Å². The molecule has 0 saturated carbocycles. The lowest BCUT2D eigenvalue weighted by molar-refractivity contribution is -0.118. The maximum absolute atomic E-state index is 12.0. The molecule has 28 heavy (non-hydrogen) atoms. The van der Waals surface area contributed by atoms with Gasteiger partial charge in [-0.15, -0.1) is 10.2 Å². The quantitative estimate of drug-likeness (QED) is 0.300. The minimum absolute atomic E-state index is 0.150. The number of nitrogens with zero attached hydrogens (tertiary/aromatic N) is 3. The van der Waals surface area contributed by atoms with Gasteiger partial charge in [-0.3, -0.25) is 4.79 Å². The predicted molar refractivity (Wildman–Crippen MR) is 105 cm³/mol. The SMILES string of the molecule is CCOc1ccc(OCCNC(=O)CSc2nnc(-c3ccco3)n2N)cc1. The first-order chi connectivity index (χ1) is 13.7. The Morgan fingerprint density at radius 1 is 1.21 bits per heavy atom. The fraction of sp³-hybridized carbons (Fsp3) is 0.278. The molecular formula is C18H21N5O4S. The second kappa shape index (κ2) is 9.70. The van der Waals surface area contributed by atoms with Crippen LogP contribution in [0, 0.1) is 0 Å². The van der Waals surface area contributed by atoms with Crippen molar-refractivity contribution in [2.75, 3.05) is 31.4 Å². The van der Waals surface area contributed by atoms with E-state index in [9.17, 15) is 4.79 Å². The van der Waals surface area contributed by atoms with E-state index in [1.165, 1.54) is 22.7 Å². The molecular weight excluding hydrogens is 382 g/mol. The third kappa shape index (κ3) is 5.19. The second-order valence-electron chi connectivity index (χ2n) is 5.54. The zero-order valence-electron chi connectivity index (χ0n) is 15.3. The van der Waals surface area contributed by atoms with Crippen LogP contribution in [0.3, 0.4) is 0 Å². The molecule has 0 spiro atoms. The van der Waals surface area contributed by atoms with Crippen molar-refractivity contribution in [2.45, 2.75) is 12.1 Å². The number of hydrogen-bond donors (Lipinski definition) is 2. The first kappa shape index (κ1) is 19.6. The molecule has 3 N–H and O–H groups in total. The Morgan fingerprint density at radius 2 is 1.96 bits per heavy atom. The molecule has 148 valence electrons. The summed E-state index contributed by atoms with van der Waals surface area (Å²) in [4.78, 5) is 12.0. The van der Waals surface area contributed by atoms with Gasteiger partial charge in [0.1, 0.15) is 18.1 Å². The van der Waals surface area contributed by atoms with Gasteiger partial charge in [-0.1, -0.05) is 11.8 Å². The standard InChI is InChI=1S/C18H21N5O4S/c1-2-25-13-5-7-14(8-6-13)26-11-9-20-16(24)12-28-18-22-21-17(23(18)19)15-4-3-10-27-15/h3-8,10H,2,9,11-12,19H2,1H3,(H,20,24). The highest BCUT2D eigenvalue weighted by Crippen LogP contribution is 2.21. The molecule has 0 unspecified atom stereocenters. The Hall–Kier alpha value is -3.14. The monoisotopic (exact) mass is 403 g/mol. The molecule has 0 aliphatic rings. The number of rotatable bonds is 10. The normalized spacial score (nSPS) is 10.6. The Kier molecular flexibility index (Phi) is 6.79. The fourth-order valence-electron chi connectivity index (χ4n) is 2.29. The molecule has 0 atom stereocenters. The Balaban J connectivity index is 1.37. The molecule has 3 aromatic rings. The summed E-state index contributed by atoms with van der Waals surface area (Å²) in [7, 11) is 0. The number of aromatic nitrogens is 3. The number of amides is 1. The average molecular weight is 403 g/mol. The highest BCUT2D eigenvalue weighted by Gasteiger charge is 2.15. The van der Waals surface area contributed by atoms with Crippen molar-refractivity contribution in [2.24, 2.45) is 0 Å². The van der Waals surface area contributed by atoms with Crippen molar-refractivity contribution < 1.29 is 18.7 Å². The predicted octanol–water partition coefficient (Wildman–Crippen LogP) is 1.94. The van der Waals surface area contributed by atoms with Gasteiger partial charge in [0, 0.05) is 0 Å². The molecule has 0 bridgehead atoms. The molecule has 2 aromatic heterocycles. The lowest BCUT2D eigenvalue weighted by atomic mass is 10.3. The highest BCUT2D eigenvalue weighted by molar-refractivity contribution is 7.99. The van der Waals surface area contributed by atoms with E-state index in [-0.39, 0.29) is 11.7 Å². The van der Waals surface area contributed by atoms with Crippen LogP contribution in [-0.2, 0) is 4.79 Å². The number of furan rings is 1. The van der Waals surface area contributed by atoms with Crippen molar-refractivity contribution in [1.82, 2.24) is 20.2 Å². The molecule has 2 heterocycles. The molecule has 9 nitrogen and oxygen atoms in total. The number of nitrogens with two attached hydrogens (primary N) is 1. The van der Waals surface area contributed by atoms with Crippen molar-refractivity contribution in [3.8, 4) is 23.1 Å². The van der Waals surface area contributed by atoms with Gasteiger partial charge < -0.3 is 25.1 Å². The van der Waals surface area contributed by atoms with Gasteiger partial charge in [0.25, 0.3) is 0 Å². The zero-order chi connectivity index (χ0) is 19.8. The fourth-order valence-corrected chi connectivity index (χ4v) is 2.97. The van der Waals surface area contributed by atoms with E-state index in [1.54, 1.807) is 12.1 Å². The summed E-state index contributed by atoms with van der Waals surface area (Å²) < 4.78 is 17.5. The lowest BCUT2D eigenvalue weighted by Crippen LogP contribution is -2.29. The number of benzene rings is 1. The minimum atomic E-state index is -0.150. The molecule has 10 heteroatoms. The number of carbonyl (C=O) groups excluding carboxylic acids is 1. The van der Waals surface area contributed by atoms with E-state index in [4.69, 9.17) is 19.7 Å². The first-order valence-corrected chi connectivity index (χ1v) is 9.65. The Bertz CT molecular complexity index is 880. The van der Waals surface area contributed by atoms with Gasteiger partial charge in [-0.05, 0) is 43.3 Å². The van der Waals surface area contributed by atoms with Crippen molar-refractivity contribution in [3.05, 3.63) is 42.7 Å². The summed E-state index contributed by atoms with van der Waals surface area (Å²) >= 11 is 1.19. The van der Waals surface area contributed by atoms with Gasteiger partial charge in [0.05, 0.1) is 25.2 Å². The van der Waals surface area contributed by atoms with Gasteiger partial charge in [0.2, 0.25) is 16.9 Å².